The molecule has 0 aliphatic carbocycles. The highest BCUT2D eigenvalue weighted by molar-refractivity contribution is 9.10. The Kier molecular flexibility index (Phi) is 3.86. The fraction of sp³-hybridized carbons (Fsp3) is 0. The average Bonchev–Trinajstić information content (AvgIpc) is 2.33. The Morgan fingerprint density at radius 3 is 2.18 bits per heavy atom. The molecule has 0 spiro atoms. The molecule has 0 radical (unpaired) electrons. The van der Waals surface area contributed by atoms with E-state index in [1.807, 2.05) is 0 Å². The number of nitrogens with zero attached hydrogens (tertiary/aromatic N) is 2. The van der Waals surface area contributed by atoms with E-state index in [9.17, 15) is 4.79 Å². The summed E-state index contributed by atoms with van der Waals surface area (Å²) in [6, 6.07) is 6.93. The minimum Gasteiger partial charge on any atom is -0.321 e. The van der Waals surface area contributed by atoms with Crippen LogP contribution in [0.25, 0.3) is 0 Å². The van der Waals surface area contributed by atoms with Crippen LogP contribution in [-0.2, 0) is 0 Å². The molecule has 0 bridgehead atoms. The fourth-order valence-electron chi connectivity index (χ4n) is 1.16. The summed E-state index contributed by atoms with van der Waals surface area (Å²) >= 11 is 6.44. The Balaban J connectivity index is 2.11. The lowest BCUT2D eigenvalue weighted by Gasteiger charge is -2.04. The van der Waals surface area contributed by atoms with E-state index in [0.29, 0.717) is 15.9 Å². The van der Waals surface area contributed by atoms with Crippen LogP contribution in [0.15, 0.2) is 45.9 Å². The van der Waals surface area contributed by atoms with E-state index in [2.05, 4.69) is 47.1 Å². The lowest BCUT2D eigenvalue weighted by Crippen LogP contribution is -2.12. The zero-order valence-corrected chi connectivity index (χ0v) is 11.7. The van der Waals surface area contributed by atoms with Gasteiger partial charge < -0.3 is 5.32 Å². The normalized spacial score (nSPS) is 10.0. The number of rotatable bonds is 2. The van der Waals surface area contributed by atoms with E-state index in [1.165, 1.54) is 6.20 Å². The van der Waals surface area contributed by atoms with Gasteiger partial charge >= 0.3 is 0 Å². The number of carbonyl (C=O) groups excluding carboxylic acids is 1. The number of hydrogen-bond donors (Lipinski definition) is 1. The summed E-state index contributed by atoms with van der Waals surface area (Å²) in [6.07, 6.45) is 3.08. The Bertz CT molecular complexity index is 525. The summed E-state index contributed by atoms with van der Waals surface area (Å²) in [5.41, 5.74) is 1.14. The smallest absolute Gasteiger partial charge is 0.257 e. The molecular weight excluding hydrogens is 350 g/mol. The lowest BCUT2D eigenvalue weighted by molar-refractivity contribution is 0.102. The first kappa shape index (κ1) is 12.2. The first-order chi connectivity index (χ1) is 8.15. The Labute approximate surface area is 115 Å². The lowest BCUT2D eigenvalue weighted by atomic mass is 10.2. The van der Waals surface area contributed by atoms with Crippen molar-refractivity contribution in [2.75, 3.05) is 5.32 Å². The van der Waals surface area contributed by atoms with E-state index in [0.717, 1.165) is 4.60 Å². The van der Waals surface area contributed by atoms with Gasteiger partial charge in [-0.2, -0.15) is 0 Å². The van der Waals surface area contributed by atoms with Crippen LogP contribution in [0, 0.1) is 0 Å². The predicted molar refractivity (Wildman–Crippen MR) is 71.8 cm³/mol. The Morgan fingerprint density at radius 1 is 1.00 bits per heavy atom. The zero-order valence-electron chi connectivity index (χ0n) is 8.52. The third kappa shape index (κ3) is 3.34. The van der Waals surface area contributed by atoms with Gasteiger partial charge in [-0.3, -0.25) is 4.79 Å². The maximum absolute atomic E-state index is 11.8. The van der Waals surface area contributed by atoms with Crippen molar-refractivity contribution in [2.45, 2.75) is 0 Å². The van der Waals surface area contributed by atoms with Gasteiger partial charge in [0.15, 0.2) is 0 Å². The maximum atomic E-state index is 11.8. The van der Waals surface area contributed by atoms with E-state index in [1.54, 1.807) is 30.5 Å². The summed E-state index contributed by atoms with van der Waals surface area (Å²) in [4.78, 5) is 19.8. The molecule has 0 fully saturated rings. The van der Waals surface area contributed by atoms with Gasteiger partial charge in [-0.25, -0.2) is 9.97 Å². The molecule has 0 atom stereocenters. The average molecular weight is 357 g/mol. The number of nitrogens with one attached hydrogen (secondary N) is 1. The molecule has 0 unspecified atom stereocenters. The van der Waals surface area contributed by atoms with Crippen LogP contribution in [0.4, 0.5) is 5.69 Å². The highest BCUT2D eigenvalue weighted by atomic mass is 79.9. The van der Waals surface area contributed by atoms with E-state index < -0.39 is 0 Å². The molecule has 2 aromatic rings. The van der Waals surface area contributed by atoms with Crippen LogP contribution in [0.3, 0.4) is 0 Å². The van der Waals surface area contributed by atoms with Gasteiger partial charge in [0.1, 0.15) is 9.21 Å². The van der Waals surface area contributed by atoms with Crippen molar-refractivity contribution in [1.29, 1.82) is 0 Å². The first-order valence-electron chi connectivity index (χ1n) is 4.69. The van der Waals surface area contributed by atoms with Crippen LogP contribution in [0.2, 0.25) is 0 Å². The molecule has 6 heteroatoms. The maximum Gasteiger partial charge on any atom is 0.257 e. The first-order valence-corrected chi connectivity index (χ1v) is 6.28. The van der Waals surface area contributed by atoms with Crippen LogP contribution in [0.1, 0.15) is 10.4 Å². The molecular formula is C11H7Br2N3O. The molecule has 0 aliphatic heterocycles. The summed E-state index contributed by atoms with van der Waals surface area (Å²) in [7, 11) is 0. The minimum atomic E-state index is -0.214. The number of aromatic nitrogens is 2. The third-order valence-electron chi connectivity index (χ3n) is 1.97. The van der Waals surface area contributed by atoms with Gasteiger partial charge in [0.05, 0.1) is 17.4 Å². The minimum absolute atomic E-state index is 0.214. The number of pyridine rings is 2. The highest BCUT2D eigenvalue weighted by Crippen LogP contribution is 2.12. The number of halogens is 2. The van der Waals surface area contributed by atoms with Gasteiger partial charge in [0.2, 0.25) is 0 Å². The molecule has 2 heterocycles. The molecule has 0 saturated heterocycles. The van der Waals surface area contributed by atoms with Crippen LogP contribution >= 0.6 is 31.9 Å². The van der Waals surface area contributed by atoms with Gasteiger partial charge in [0.25, 0.3) is 5.91 Å². The molecule has 1 N–H and O–H groups in total. The number of hydrogen-bond acceptors (Lipinski definition) is 3. The summed E-state index contributed by atoms with van der Waals surface area (Å²) in [6.45, 7) is 0. The van der Waals surface area contributed by atoms with Gasteiger partial charge in [0, 0.05) is 6.20 Å². The number of carbonyl (C=O) groups is 1. The van der Waals surface area contributed by atoms with Crippen molar-refractivity contribution in [2.24, 2.45) is 0 Å². The predicted octanol–water partition coefficient (Wildman–Crippen LogP) is 3.25. The van der Waals surface area contributed by atoms with Crippen molar-refractivity contribution in [1.82, 2.24) is 9.97 Å². The molecule has 1 amide bonds. The topological polar surface area (TPSA) is 54.9 Å². The third-order valence-corrected chi connectivity index (χ3v) is 2.91. The molecule has 17 heavy (non-hydrogen) atoms. The van der Waals surface area contributed by atoms with Crippen LogP contribution in [0.5, 0.6) is 0 Å². The number of anilines is 1. The quantitative estimate of drug-likeness (QED) is 0.840. The van der Waals surface area contributed by atoms with Gasteiger partial charge in [-0.15, -0.1) is 0 Å². The van der Waals surface area contributed by atoms with E-state index in [-0.39, 0.29) is 5.91 Å². The molecule has 2 rings (SSSR count). The second kappa shape index (κ2) is 5.37. The van der Waals surface area contributed by atoms with Gasteiger partial charge in [-0.05, 0) is 56.1 Å². The fourth-order valence-corrected chi connectivity index (χ4v) is 1.63. The zero-order chi connectivity index (χ0) is 12.3. The molecule has 2 aromatic heterocycles. The molecule has 4 nitrogen and oxygen atoms in total. The summed E-state index contributed by atoms with van der Waals surface area (Å²) in [5.74, 6) is -0.214. The largest absolute Gasteiger partial charge is 0.321 e. The monoisotopic (exact) mass is 355 g/mol. The van der Waals surface area contributed by atoms with Crippen LogP contribution in [-0.4, -0.2) is 15.9 Å². The van der Waals surface area contributed by atoms with Crippen molar-refractivity contribution >= 4 is 43.5 Å². The highest BCUT2D eigenvalue weighted by Gasteiger charge is 2.06. The standard InChI is InChI=1S/C11H7Br2N3O/c12-9-3-1-7(5-14-9)11(17)16-8-2-4-10(13)15-6-8/h1-6H,(H,16,17). The van der Waals surface area contributed by atoms with Crippen molar-refractivity contribution < 1.29 is 4.79 Å². The van der Waals surface area contributed by atoms with Crippen molar-refractivity contribution in [3.05, 3.63) is 51.4 Å². The van der Waals surface area contributed by atoms with Crippen LogP contribution < -0.4 is 5.32 Å². The molecule has 0 aromatic carbocycles. The Morgan fingerprint density at radius 2 is 1.65 bits per heavy atom. The van der Waals surface area contributed by atoms with Gasteiger partial charge in [-0.1, -0.05) is 0 Å². The van der Waals surface area contributed by atoms with Crippen molar-refractivity contribution in [3.63, 3.8) is 0 Å². The number of amides is 1. The molecule has 0 saturated carbocycles. The summed E-state index contributed by atoms with van der Waals surface area (Å²) in [5, 5.41) is 2.73. The Hall–Kier alpha value is -1.27. The molecule has 0 aliphatic rings. The van der Waals surface area contributed by atoms with Crippen molar-refractivity contribution in [3.8, 4) is 0 Å². The SMILES string of the molecule is O=C(Nc1ccc(Br)nc1)c1ccc(Br)nc1. The second-order valence-corrected chi connectivity index (χ2v) is 4.82. The van der Waals surface area contributed by atoms with E-state index >= 15 is 0 Å². The second-order valence-electron chi connectivity index (χ2n) is 3.19. The van der Waals surface area contributed by atoms with E-state index in [4.69, 9.17) is 0 Å². The summed E-state index contributed by atoms with van der Waals surface area (Å²) < 4.78 is 1.42. The molecule has 86 valence electrons.